The molecule has 0 aliphatic carbocycles. The molecule has 0 bridgehead atoms. The lowest BCUT2D eigenvalue weighted by Gasteiger charge is -2.38. The Balaban J connectivity index is 1.76. The van der Waals surface area contributed by atoms with E-state index in [2.05, 4.69) is 4.74 Å². The van der Waals surface area contributed by atoms with Crippen molar-refractivity contribution in [3.8, 4) is 0 Å². The van der Waals surface area contributed by atoms with Crippen molar-refractivity contribution in [1.82, 2.24) is 4.90 Å². The molecule has 1 fully saturated rings. The van der Waals surface area contributed by atoms with Crippen LogP contribution in [-0.4, -0.2) is 42.0 Å². The van der Waals surface area contributed by atoms with Crippen LogP contribution in [0.3, 0.4) is 0 Å². The SMILES string of the molecule is CC(C)(C)OC(=O)N1CC(c2ccc(C(OCc3c(F)cccc3F)(C(F)(F)F)C(F)(F)F)cc2)C(C)(c2ccccc2)C1. The second kappa shape index (κ2) is 11.7. The van der Waals surface area contributed by atoms with Gasteiger partial charge in [0.15, 0.2) is 0 Å². The van der Waals surface area contributed by atoms with E-state index >= 15 is 0 Å². The number of rotatable bonds is 6. The van der Waals surface area contributed by atoms with E-state index in [1.807, 2.05) is 19.1 Å². The van der Waals surface area contributed by atoms with Crippen LogP contribution >= 0.6 is 0 Å². The molecular formula is C32H31F8NO3. The highest BCUT2D eigenvalue weighted by Crippen LogP contribution is 2.54. The van der Waals surface area contributed by atoms with Crippen molar-refractivity contribution in [1.29, 1.82) is 0 Å². The van der Waals surface area contributed by atoms with Gasteiger partial charge in [0.2, 0.25) is 0 Å². The second-order valence-corrected chi connectivity index (χ2v) is 12.0. The number of hydrogen-bond donors (Lipinski definition) is 0. The van der Waals surface area contributed by atoms with Crippen molar-refractivity contribution in [3.63, 3.8) is 0 Å². The maximum absolute atomic E-state index is 14.4. The van der Waals surface area contributed by atoms with Crippen LogP contribution in [0.2, 0.25) is 0 Å². The van der Waals surface area contributed by atoms with Gasteiger partial charge in [-0.15, -0.1) is 0 Å². The average Bonchev–Trinajstić information content (AvgIpc) is 3.28. The summed E-state index contributed by atoms with van der Waals surface area (Å²) in [6.07, 6.45) is -12.7. The molecule has 1 aliphatic rings. The summed E-state index contributed by atoms with van der Waals surface area (Å²) >= 11 is 0. The fourth-order valence-corrected chi connectivity index (χ4v) is 5.58. The molecule has 1 amide bonds. The first-order valence-corrected chi connectivity index (χ1v) is 13.6. The van der Waals surface area contributed by atoms with Gasteiger partial charge in [-0.1, -0.05) is 67.6 Å². The van der Waals surface area contributed by atoms with Gasteiger partial charge in [0.25, 0.3) is 5.60 Å². The monoisotopic (exact) mass is 629 g/mol. The number of nitrogens with zero attached hydrogens (tertiary/aromatic N) is 1. The minimum Gasteiger partial charge on any atom is -0.444 e. The number of ether oxygens (including phenoxy) is 2. The van der Waals surface area contributed by atoms with Gasteiger partial charge < -0.3 is 14.4 Å². The molecule has 1 saturated heterocycles. The van der Waals surface area contributed by atoms with E-state index in [4.69, 9.17) is 4.74 Å². The molecule has 0 saturated carbocycles. The Labute approximate surface area is 249 Å². The quantitative estimate of drug-likeness (QED) is 0.256. The van der Waals surface area contributed by atoms with E-state index < -0.39 is 70.3 Å². The highest BCUT2D eigenvalue weighted by molar-refractivity contribution is 5.69. The van der Waals surface area contributed by atoms with Gasteiger partial charge >= 0.3 is 18.4 Å². The number of halogens is 8. The normalized spacial score (nSPS) is 19.7. The van der Waals surface area contributed by atoms with Crippen molar-refractivity contribution in [2.75, 3.05) is 13.1 Å². The third-order valence-electron chi connectivity index (χ3n) is 7.79. The maximum Gasteiger partial charge on any atom is 0.430 e. The molecule has 3 aromatic carbocycles. The first-order chi connectivity index (χ1) is 20.3. The van der Waals surface area contributed by atoms with Gasteiger partial charge in [0, 0.05) is 35.5 Å². The second-order valence-electron chi connectivity index (χ2n) is 12.0. The van der Waals surface area contributed by atoms with Crippen LogP contribution in [0.5, 0.6) is 0 Å². The highest BCUT2D eigenvalue weighted by atomic mass is 19.4. The average molecular weight is 630 g/mol. The maximum atomic E-state index is 14.4. The number of carbonyl (C=O) groups excluding carboxylic acids is 1. The first-order valence-electron chi connectivity index (χ1n) is 13.6. The zero-order valence-corrected chi connectivity index (χ0v) is 24.3. The minimum atomic E-state index is -6.06. The molecule has 0 spiro atoms. The molecule has 0 radical (unpaired) electrons. The summed E-state index contributed by atoms with van der Waals surface area (Å²) in [5.74, 6) is -3.25. The Morgan fingerprint density at radius 3 is 1.89 bits per heavy atom. The predicted octanol–water partition coefficient (Wildman–Crippen LogP) is 8.79. The van der Waals surface area contributed by atoms with Crippen LogP contribution in [0.4, 0.5) is 39.9 Å². The molecule has 0 N–H and O–H groups in total. The summed E-state index contributed by atoms with van der Waals surface area (Å²) in [5, 5.41) is 0. The van der Waals surface area contributed by atoms with E-state index in [0.717, 1.165) is 23.8 Å². The summed E-state index contributed by atoms with van der Waals surface area (Å²) in [5.41, 5.74) is -7.71. The number of amides is 1. The van der Waals surface area contributed by atoms with Crippen LogP contribution < -0.4 is 0 Å². The van der Waals surface area contributed by atoms with Gasteiger partial charge in [-0.2, -0.15) is 26.3 Å². The van der Waals surface area contributed by atoms with Crippen molar-refractivity contribution in [2.24, 2.45) is 0 Å². The smallest absolute Gasteiger partial charge is 0.430 e. The highest BCUT2D eigenvalue weighted by Gasteiger charge is 2.73. The van der Waals surface area contributed by atoms with Crippen LogP contribution in [0.25, 0.3) is 0 Å². The van der Waals surface area contributed by atoms with Gasteiger partial charge in [0.05, 0.1) is 6.61 Å². The van der Waals surface area contributed by atoms with Crippen molar-refractivity contribution < 1.29 is 49.4 Å². The summed E-state index contributed by atoms with van der Waals surface area (Å²) in [6.45, 7) is 5.56. The van der Waals surface area contributed by atoms with Gasteiger partial charge in [0.1, 0.15) is 17.2 Å². The molecule has 1 heterocycles. The summed E-state index contributed by atoms with van der Waals surface area (Å²) < 4.78 is 125. The van der Waals surface area contributed by atoms with Crippen LogP contribution in [0.1, 0.15) is 55.9 Å². The predicted molar refractivity (Wildman–Crippen MR) is 146 cm³/mol. The van der Waals surface area contributed by atoms with Crippen LogP contribution in [0.15, 0.2) is 72.8 Å². The van der Waals surface area contributed by atoms with E-state index in [0.29, 0.717) is 29.8 Å². The topological polar surface area (TPSA) is 38.8 Å². The van der Waals surface area contributed by atoms with Crippen molar-refractivity contribution in [2.45, 2.75) is 69.2 Å². The van der Waals surface area contributed by atoms with Gasteiger partial charge in [-0.25, -0.2) is 13.6 Å². The lowest BCUT2D eigenvalue weighted by Crippen LogP contribution is -2.55. The van der Waals surface area contributed by atoms with Crippen LogP contribution in [-0.2, 0) is 27.1 Å². The van der Waals surface area contributed by atoms with E-state index in [1.54, 1.807) is 39.0 Å². The van der Waals surface area contributed by atoms with Crippen molar-refractivity contribution in [3.05, 3.63) is 107 Å². The van der Waals surface area contributed by atoms with Gasteiger partial charge in [-0.05, 0) is 44.0 Å². The van der Waals surface area contributed by atoms with E-state index in [1.165, 1.54) is 4.90 Å². The zero-order valence-electron chi connectivity index (χ0n) is 24.3. The lowest BCUT2D eigenvalue weighted by atomic mass is 9.71. The van der Waals surface area contributed by atoms with E-state index in [9.17, 15) is 39.9 Å². The number of hydrogen-bond acceptors (Lipinski definition) is 3. The molecule has 44 heavy (non-hydrogen) atoms. The van der Waals surface area contributed by atoms with Gasteiger partial charge in [-0.3, -0.25) is 0 Å². The number of likely N-dealkylation sites (tertiary alicyclic amines) is 1. The molecule has 4 rings (SSSR count). The Morgan fingerprint density at radius 1 is 0.841 bits per heavy atom. The third-order valence-corrected chi connectivity index (χ3v) is 7.79. The summed E-state index contributed by atoms with van der Waals surface area (Å²) in [4.78, 5) is 14.4. The first kappa shape index (κ1) is 33.2. The third kappa shape index (κ3) is 6.27. The molecule has 238 valence electrons. The number of benzene rings is 3. The van der Waals surface area contributed by atoms with Crippen molar-refractivity contribution >= 4 is 6.09 Å². The lowest BCUT2D eigenvalue weighted by molar-refractivity contribution is -0.392. The Hall–Kier alpha value is -3.67. The molecule has 2 unspecified atom stereocenters. The number of carbonyl (C=O) groups is 1. The number of alkyl halides is 6. The minimum absolute atomic E-state index is 0.0758. The molecular weight excluding hydrogens is 598 g/mol. The fourth-order valence-electron chi connectivity index (χ4n) is 5.58. The Bertz CT molecular complexity index is 1430. The Kier molecular flexibility index (Phi) is 8.82. The fraction of sp³-hybridized carbons (Fsp3) is 0.406. The molecule has 12 heteroatoms. The standard InChI is InChI=1S/C32H31F8NO3/c1-28(2,3)44-27(42)41-17-24(29(4,19-41)21-9-6-5-7-10-21)20-13-15-22(16-14-20)30(31(35,36)37,32(38,39)40)43-18-23-25(33)11-8-12-26(23)34/h5-16,24H,17-19H2,1-4H3. The largest absolute Gasteiger partial charge is 0.444 e. The van der Waals surface area contributed by atoms with Crippen LogP contribution in [0, 0.1) is 11.6 Å². The molecule has 3 aromatic rings. The molecule has 4 nitrogen and oxygen atoms in total. The molecule has 1 aliphatic heterocycles. The summed E-state index contributed by atoms with van der Waals surface area (Å²) in [7, 11) is 0. The molecule has 0 aromatic heterocycles. The summed E-state index contributed by atoms with van der Waals surface area (Å²) in [6, 6.07) is 14.9. The molecule has 2 atom stereocenters. The zero-order chi connectivity index (χ0) is 32.7. The Morgan fingerprint density at radius 2 is 1.39 bits per heavy atom. The van der Waals surface area contributed by atoms with E-state index in [-0.39, 0.29) is 13.1 Å².